The number of carbonyl (C=O) groups is 2. The second kappa shape index (κ2) is 11.6. The number of benzene rings is 3. The number of amides is 4. The van der Waals surface area contributed by atoms with Gasteiger partial charge >= 0.3 is 18.2 Å². The monoisotopic (exact) mass is 534 g/mol. The third-order valence-electron chi connectivity index (χ3n) is 4.72. The van der Waals surface area contributed by atoms with Gasteiger partial charge in [0.05, 0.1) is 11.3 Å². The first-order chi connectivity index (χ1) is 16.2. The van der Waals surface area contributed by atoms with Crippen molar-refractivity contribution in [1.82, 2.24) is 5.32 Å². The van der Waals surface area contributed by atoms with E-state index in [9.17, 15) is 22.8 Å². The number of hydrogen-bond acceptors (Lipinski definition) is 2. The van der Waals surface area contributed by atoms with E-state index >= 15 is 0 Å². The standard InChI is InChI=1S/C24H22BrF3N4O2/c25-20-12-4-5-13-21(20)31-22(33)29-14-7-15-32(23(34)30-18-9-2-1-3-10-18)19-11-6-8-17(16-19)24(26,27)28/h1-6,8-13,16H,7,14-15H2,(H,30,34)(H2,29,31,33). The first-order valence-electron chi connectivity index (χ1n) is 10.3. The highest BCUT2D eigenvalue weighted by atomic mass is 79.9. The Balaban J connectivity index is 1.66. The maximum absolute atomic E-state index is 13.2. The summed E-state index contributed by atoms with van der Waals surface area (Å²) < 4.78 is 40.3. The second-order valence-electron chi connectivity index (χ2n) is 7.21. The van der Waals surface area contributed by atoms with E-state index in [0.29, 0.717) is 17.8 Å². The van der Waals surface area contributed by atoms with Gasteiger partial charge in [-0.1, -0.05) is 36.4 Å². The lowest BCUT2D eigenvalue weighted by Gasteiger charge is -2.24. The zero-order chi connectivity index (χ0) is 24.6. The fourth-order valence-electron chi connectivity index (χ4n) is 3.08. The Morgan fingerprint density at radius 1 is 0.882 bits per heavy atom. The average molecular weight is 535 g/mol. The SMILES string of the molecule is O=C(NCCCN(C(=O)Nc1ccccc1)c1cccc(C(F)(F)F)c1)Nc1ccccc1Br. The third kappa shape index (κ3) is 7.24. The minimum absolute atomic E-state index is 0.0787. The summed E-state index contributed by atoms with van der Waals surface area (Å²) in [6.07, 6.45) is -4.23. The Kier molecular flexibility index (Phi) is 8.53. The molecule has 0 heterocycles. The molecule has 0 aromatic heterocycles. The van der Waals surface area contributed by atoms with Gasteiger partial charge in [0.1, 0.15) is 0 Å². The number of anilines is 3. The quantitative estimate of drug-likeness (QED) is 0.294. The largest absolute Gasteiger partial charge is 0.416 e. The molecule has 6 nitrogen and oxygen atoms in total. The van der Waals surface area contributed by atoms with E-state index in [4.69, 9.17) is 0 Å². The minimum atomic E-state index is -4.54. The van der Waals surface area contributed by atoms with Crippen molar-refractivity contribution in [3.8, 4) is 0 Å². The zero-order valence-electron chi connectivity index (χ0n) is 17.9. The summed E-state index contributed by atoms with van der Waals surface area (Å²) in [7, 11) is 0. The van der Waals surface area contributed by atoms with E-state index in [-0.39, 0.29) is 18.8 Å². The molecule has 3 N–H and O–H groups in total. The van der Waals surface area contributed by atoms with Gasteiger partial charge in [-0.3, -0.25) is 4.90 Å². The molecule has 0 saturated carbocycles. The molecule has 0 aliphatic heterocycles. The molecule has 0 aliphatic rings. The Bertz CT molecular complexity index is 1130. The molecular formula is C24H22BrF3N4O2. The van der Waals surface area contributed by atoms with E-state index in [0.717, 1.165) is 16.6 Å². The molecule has 0 unspecified atom stereocenters. The molecule has 0 saturated heterocycles. The lowest BCUT2D eigenvalue weighted by atomic mass is 10.1. The third-order valence-corrected chi connectivity index (χ3v) is 5.41. The van der Waals surface area contributed by atoms with Crippen molar-refractivity contribution < 1.29 is 22.8 Å². The summed E-state index contributed by atoms with van der Waals surface area (Å²) in [5.41, 5.74) is 0.345. The molecule has 178 valence electrons. The van der Waals surface area contributed by atoms with Crippen molar-refractivity contribution in [2.75, 3.05) is 28.6 Å². The van der Waals surface area contributed by atoms with E-state index in [1.54, 1.807) is 48.5 Å². The highest BCUT2D eigenvalue weighted by Gasteiger charge is 2.31. The van der Waals surface area contributed by atoms with E-state index in [1.165, 1.54) is 17.0 Å². The number of hydrogen-bond donors (Lipinski definition) is 3. The van der Waals surface area contributed by atoms with E-state index in [2.05, 4.69) is 31.9 Å². The Morgan fingerprint density at radius 3 is 2.29 bits per heavy atom. The number of halogens is 4. The fraction of sp³-hybridized carbons (Fsp3) is 0.167. The number of para-hydroxylation sites is 2. The molecule has 0 bridgehead atoms. The highest BCUT2D eigenvalue weighted by Crippen LogP contribution is 2.32. The number of nitrogens with one attached hydrogen (secondary N) is 3. The molecule has 34 heavy (non-hydrogen) atoms. The van der Waals surface area contributed by atoms with Gasteiger partial charge in [0.25, 0.3) is 0 Å². The van der Waals surface area contributed by atoms with Crippen LogP contribution >= 0.6 is 15.9 Å². The number of urea groups is 2. The van der Waals surface area contributed by atoms with Gasteiger partial charge < -0.3 is 16.0 Å². The van der Waals surface area contributed by atoms with Crippen LogP contribution < -0.4 is 20.9 Å². The Labute approximate surface area is 203 Å². The van der Waals surface area contributed by atoms with E-state index in [1.807, 2.05) is 6.07 Å². The fourth-order valence-corrected chi connectivity index (χ4v) is 3.46. The molecule has 3 aromatic rings. The summed E-state index contributed by atoms with van der Waals surface area (Å²) in [4.78, 5) is 26.3. The van der Waals surface area contributed by atoms with Crippen LogP contribution in [0.3, 0.4) is 0 Å². The van der Waals surface area contributed by atoms with Gasteiger partial charge in [0, 0.05) is 28.9 Å². The first-order valence-corrected chi connectivity index (χ1v) is 11.1. The molecule has 0 atom stereocenters. The van der Waals surface area contributed by atoms with Gasteiger partial charge in [-0.25, -0.2) is 9.59 Å². The summed E-state index contributed by atoms with van der Waals surface area (Å²) in [5.74, 6) is 0. The van der Waals surface area contributed by atoms with Crippen LogP contribution in [0, 0.1) is 0 Å². The van der Waals surface area contributed by atoms with Crippen LogP contribution in [0.2, 0.25) is 0 Å². The summed E-state index contributed by atoms with van der Waals surface area (Å²) >= 11 is 3.34. The van der Waals surface area contributed by atoms with Crippen molar-refractivity contribution in [3.63, 3.8) is 0 Å². The maximum Gasteiger partial charge on any atom is 0.416 e. The van der Waals surface area contributed by atoms with Crippen LogP contribution in [0.4, 0.5) is 39.8 Å². The van der Waals surface area contributed by atoms with Gasteiger partial charge in [-0.15, -0.1) is 0 Å². The summed E-state index contributed by atoms with van der Waals surface area (Å²) in [6.45, 7) is 0.277. The predicted molar refractivity (Wildman–Crippen MR) is 130 cm³/mol. The molecule has 3 rings (SSSR count). The summed E-state index contributed by atoms with van der Waals surface area (Å²) in [6, 6.07) is 19.3. The zero-order valence-corrected chi connectivity index (χ0v) is 19.5. The number of carbonyl (C=O) groups excluding carboxylic acids is 2. The number of nitrogens with zero attached hydrogens (tertiary/aromatic N) is 1. The topological polar surface area (TPSA) is 73.5 Å². The minimum Gasteiger partial charge on any atom is -0.338 e. The Morgan fingerprint density at radius 2 is 1.59 bits per heavy atom. The van der Waals surface area contributed by atoms with Crippen molar-refractivity contribution in [3.05, 3.63) is 88.9 Å². The van der Waals surface area contributed by atoms with Crippen LogP contribution in [0.15, 0.2) is 83.3 Å². The van der Waals surface area contributed by atoms with Gasteiger partial charge in [0.2, 0.25) is 0 Å². The predicted octanol–water partition coefficient (Wildman–Crippen LogP) is 6.72. The number of alkyl halides is 3. The van der Waals surface area contributed by atoms with Crippen molar-refractivity contribution in [1.29, 1.82) is 0 Å². The van der Waals surface area contributed by atoms with Crippen molar-refractivity contribution in [2.24, 2.45) is 0 Å². The van der Waals surface area contributed by atoms with Crippen LogP contribution in [-0.2, 0) is 6.18 Å². The van der Waals surface area contributed by atoms with Crippen LogP contribution in [-0.4, -0.2) is 25.2 Å². The average Bonchev–Trinajstić information content (AvgIpc) is 2.80. The second-order valence-corrected chi connectivity index (χ2v) is 8.06. The van der Waals surface area contributed by atoms with Crippen molar-refractivity contribution >= 4 is 45.1 Å². The molecule has 4 amide bonds. The lowest BCUT2D eigenvalue weighted by molar-refractivity contribution is -0.137. The molecule has 0 aliphatic carbocycles. The van der Waals surface area contributed by atoms with Crippen LogP contribution in [0.1, 0.15) is 12.0 Å². The van der Waals surface area contributed by atoms with Gasteiger partial charge in [-0.2, -0.15) is 13.2 Å². The molecular weight excluding hydrogens is 513 g/mol. The van der Waals surface area contributed by atoms with Gasteiger partial charge in [-0.05, 0) is 64.8 Å². The molecule has 0 fully saturated rings. The summed E-state index contributed by atoms with van der Waals surface area (Å²) in [5, 5.41) is 8.06. The molecule has 10 heteroatoms. The van der Waals surface area contributed by atoms with E-state index < -0.39 is 23.8 Å². The smallest absolute Gasteiger partial charge is 0.338 e. The van der Waals surface area contributed by atoms with Gasteiger partial charge in [0.15, 0.2) is 0 Å². The highest BCUT2D eigenvalue weighted by molar-refractivity contribution is 9.10. The molecule has 0 spiro atoms. The van der Waals surface area contributed by atoms with Crippen LogP contribution in [0.5, 0.6) is 0 Å². The Hall–Kier alpha value is -3.53. The maximum atomic E-state index is 13.2. The number of rotatable bonds is 7. The molecule has 3 aromatic carbocycles. The van der Waals surface area contributed by atoms with Crippen molar-refractivity contribution in [2.45, 2.75) is 12.6 Å². The first kappa shape index (κ1) is 25.1. The van der Waals surface area contributed by atoms with Crippen LogP contribution in [0.25, 0.3) is 0 Å². The molecule has 0 radical (unpaired) electrons. The lowest BCUT2D eigenvalue weighted by Crippen LogP contribution is -2.38. The normalized spacial score (nSPS) is 10.9.